The average Bonchev–Trinajstić information content (AvgIpc) is 1.99. The zero-order valence-electron chi connectivity index (χ0n) is 8.20. The van der Waals surface area contributed by atoms with Crippen LogP contribution in [0.3, 0.4) is 0 Å². The Kier molecular flexibility index (Phi) is 12.4. The molecule has 0 saturated carbocycles. The maximum Gasteiger partial charge on any atom is 0.310 e. The number of carbonyl (C=O) groups excluding carboxylic acids is 1. The molecule has 0 aromatic carbocycles. The molecule has 0 spiro atoms. The normalized spacial score (nSPS) is 8.54. The molecule has 5 nitrogen and oxygen atoms in total. The average molecular weight is 192 g/mol. The topological polar surface area (TPSA) is 72.8 Å². The van der Waals surface area contributed by atoms with Gasteiger partial charge in [-0.3, -0.25) is 9.59 Å². The van der Waals surface area contributed by atoms with Gasteiger partial charge < -0.3 is 5.11 Å². The highest BCUT2D eigenvalue weighted by Gasteiger charge is 1.98. The lowest BCUT2D eigenvalue weighted by atomic mass is 10.3. The monoisotopic (exact) mass is 192 g/mol. The van der Waals surface area contributed by atoms with Crippen molar-refractivity contribution < 1.29 is 24.5 Å². The molecule has 0 aliphatic heterocycles. The van der Waals surface area contributed by atoms with Gasteiger partial charge >= 0.3 is 5.97 Å². The molecule has 0 saturated heterocycles. The van der Waals surface area contributed by atoms with Crippen molar-refractivity contribution in [2.45, 2.75) is 27.2 Å². The molecular weight excluding hydrogens is 176 g/mol. The molecule has 0 aliphatic carbocycles. The van der Waals surface area contributed by atoms with Crippen molar-refractivity contribution in [3.8, 4) is 0 Å². The van der Waals surface area contributed by atoms with Gasteiger partial charge in [0, 0.05) is 0 Å². The maximum atomic E-state index is 9.87. The summed E-state index contributed by atoms with van der Waals surface area (Å²) in [5.74, 6) is -1.37. The Morgan fingerprint density at radius 3 is 1.62 bits per heavy atom. The molecule has 0 heterocycles. The van der Waals surface area contributed by atoms with Gasteiger partial charge in [-0.1, -0.05) is 0 Å². The highest BCUT2D eigenvalue weighted by atomic mass is 17.2. The quantitative estimate of drug-likeness (QED) is 0.305. The van der Waals surface area contributed by atoms with Crippen LogP contribution in [0.15, 0.2) is 0 Å². The van der Waals surface area contributed by atoms with Crippen LogP contribution in [0.2, 0.25) is 0 Å². The fourth-order valence-electron chi connectivity index (χ4n) is 0.380. The number of hydrogen-bond acceptors (Lipinski definition) is 4. The van der Waals surface area contributed by atoms with E-state index in [0.717, 1.165) is 0 Å². The lowest BCUT2D eigenvalue weighted by Gasteiger charge is -1.92. The van der Waals surface area contributed by atoms with Gasteiger partial charge in [-0.25, -0.2) is 9.78 Å². The predicted octanol–water partition coefficient (Wildman–Crippen LogP) is 1.02. The maximum absolute atomic E-state index is 9.87. The first-order valence-electron chi connectivity index (χ1n) is 4.00. The SMILES string of the molecule is CC(=O)CC(=O)O.CCOOCC. The van der Waals surface area contributed by atoms with Gasteiger partial charge in [-0.15, -0.1) is 0 Å². The number of carboxylic acid groups (broad SMARTS) is 1. The fraction of sp³-hybridized carbons (Fsp3) is 0.750. The summed E-state index contributed by atoms with van der Waals surface area (Å²) in [5, 5.41) is 7.86. The van der Waals surface area contributed by atoms with Gasteiger partial charge in [-0.05, 0) is 20.8 Å². The number of hydrogen-bond donors (Lipinski definition) is 1. The number of aliphatic carboxylic acids is 1. The van der Waals surface area contributed by atoms with Crippen LogP contribution in [-0.4, -0.2) is 30.1 Å². The summed E-state index contributed by atoms with van der Waals surface area (Å²) < 4.78 is 0. The standard InChI is InChI=1S/C4H6O3.C4H10O2/c1-3(5)2-4(6)7;1-3-5-6-4-2/h2H2,1H3,(H,6,7);3-4H2,1-2H3. The van der Waals surface area contributed by atoms with Crippen LogP contribution in [0.5, 0.6) is 0 Å². The first kappa shape index (κ1) is 14.6. The summed E-state index contributed by atoms with van der Waals surface area (Å²) >= 11 is 0. The molecule has 0 atom stereocenters. The van der Waals surface area contributed by atoms with Crippen molar-refractivity contribution >= 4 is 11.8 Å². The van der Waals surface area contributed by atoms with E-state index < -0.39 is 5.97 Å². The van der Waals surface area contributed by atoms with Gasteiger partial charge in [0.05, 0.1) is 13.2 Å². The molecule has 13 heavy (non-hydrogen) atoms. The third-order valence-electron chi connectivity index (χ3n) is 0.719. The third kappa shape index (κ3) is 24.7. The van der Waals surface area contributed by atoms with E-state index in [4.69, 9.17) is 5.11 Å². The summed E-state index contributed by atoms with van der Waals surface area (Å²) in [6, 6.07) is 0. The van der Waals surface area contributed by atoms with E-state index in [9.17, 15) is 9.59 Å². The summed E-state index contributed by atoms with van der Waals surface area (Å²) in [5.41, 5.74) is 0. The number of ketones is 1. The Hall–Kier alpha value is -0.940. The lowest BCUT2D eigenvalue weighted by Crippen LogP contribution is -2.00. The van der Waals surface area contributed by atoms with E-state index in [-0.39, 0.29) is 12.2 Å². The zero-order chi connectivity index (χ0) is 10.7. The van der Waals surface area contributed by atoms with Crippen LogP contribution in [0.25, 0.3) is 0 Å². The second kappa shape index (κ2) is 11.1. The molecule has 0 aromatic heterocycles. The van der Waals surface area contributed by atoms with Crippen molar-refractivity contribution in [3.63, 3.8) is 0 Å². The summed E-state index contributed by atoms with van der Waals surface area (Å²) in [6.07, 6.45) is -0.361. The zero-order valence-corrected chi connectivity index (χ0v) is 8.20. The molecule has 0 bridgehead atoms. The summed E-state index contributed by atoms with van der Waals surface area (Å²) in [6.45, 7) is 6.28. The van der Waals surface area contributed by atoms with Gasteiger partial charge in [-0.2, -0.15) is 0 Å². The molecular formula is C8H16O5. The largest absolute Gasteiger partial charge is 0.481 e. The Balaban J connectivity index is 0. The minimum Gasteiger partial charge on any atom is -0.481 e. The number of Topliss-reactive ketones (excluding diaryl/α,β-unsaturated/α-hetero) is 1. The minimum atomic E-state index is -1.06. The van der Waals surface area contributed by atoms with Crippen LogP contribution >= 0.6 is 0 Å². The van der Waals surface area contributed by atoms with Crippen molar-refractivity contribution in [3.05, 3.63) is 0 Å². The van der Waals surface area contributed by atoms with Gasteiger partial charge in [0.2, 0.25) is 0 Å². The molecule has 0 aliphatic rings. The molecule has 0 amide bonds. The minimum absolute atomic E-state index is 0.312. The second-order valence-electron chi connectivity index (χ2n) is 2.09. The highest BCUT2D eigenvalue weighted by Crippen LogP contribution is 1.77. The van der Waals surface area contributed by atoms with Gasteiger partial charge in [0.1, 0.15) is 12.2 Å². The van der Waals surface area contributed by atoms with E-state index in [1.165, 1.54) is 6.92 Å². The Morgan fingerprint density at radius 1 is 1.15 bits per heavy atom. The van der Waals surface area contributed by atoms with Crippen molar-refractivity contribution in [2.24, 2.45) is 0 Å². The second-order valence-corrected chi connectivity index (χ2v) is 2.09. The van der Waals surface area contributed by atoms with Crippen LogP contribution in [0, 0.1) is 0 Å². The highest BCUT2D eigenvalue weighted by molar-refractivity contribution is 5.93. The van der Waals surface area contributed by atoms with Crippen LogP contribution in [0.1, 0.15) is 27.2 Å². The predicted molar refractivity (Wildman–Crippen MR) is 46.2 cm³/mol. The molecule has 0 aromatic rings. The first-order valence-corrected chi connectivity index (χ1v) is 4.00. The Bertz CT molecular complexity index is 127. The molecule has 0 fully saturated rings. The van der Waals surface area contributed by atoms with Gasteiger partial charge in [0.25, 0.3) is 0 Å². The molecule has 5 heteroatoms. The Labute approximate surface area is 77.6 Å². The lowest BCUT2D eigenvalue weighted by molar-refractivity contribution is -0.287. The van der Waals surface area contributed by atoms with Gasteiger partial charge in [0.15, 0.2) is 0 Å². The van der Waals surface area contributed by atoms with Crippen LogP contribution in [-0.2, 0) is 19.4 Å². The Morgan fingerprint density at radius 2 is 1.54 bits per heavy atom. The van der Waals surface area contributed by atoms with Crippen LogP contribution in [0.4, 0.5) is 0 Å². The molecule has 0 rings (SSSR count). The van der Waals surface area contributed by atoms with Crippen molar-refractivity contribution in [1.29, 1.82) is 0 Å². The smallest absolute Gasteiger partial charge is 0.310 e. The molecule has 0 unspecified atom stereocenters. The number of rotatable bonds is 5. The summed E-state index contributed by atoms with van der Waals surface area (Å²) in [7, 11) is 0. The van der Waals surface area contributed by atoms with Crippen molar-refractivity contribution in [2.75, 3.05) is 13.2 Å². The van der Waals surface area contributed by atoms with E-state index >= 15 is 0 Å². The number of carboxylic acids is 1. The van der Waals surface area contributed by atoms with Crippen molar-refractivity contribution in [1.82, 2.24) is 0 Å². The fourth-order valence-corrected chi connectivity index (χ4v) is 0.380. The summed E-state index contributed by atoms with van der Waals surface area (Å²) in [4.78, 5) is 28.4. The van der Waals surface area contributed by atoms with E-state index in [1.54, 1.807) is 0 Å². The van der Waals surface area contributed by atoms with E-state index in [1.807, 2.05) is 13.8 Å². The molecule has 78 valence electrons. The first-order chi connectivity index (χ1) is 6.04. The third-order valence-corrected chi connectivity index (χ3v) is 0.719. The van der Waals surface area contributed by atoms with E-state index in [2.05, 4.69) is 9.78 Å². The van der Waals surface area contributed by atoms with Crippen LogP contribution < -0.4 is 0 Å². The molecule has 1 N–H and O–H groups in total. The van der Waals surface area contributed by atoms with E-state index in [0.29, 0.717) is 13.2 Å². The number of carbonyl (C=O) groups is 2. The molecule has 0 radical (unpaired) electrons.